The lowest BCUT2D eigenvalue weighted by Crippen LogP contribution is -2.28. The molecule has 24 heavy (non-hydrogen) atoms. The van der Waals surface area contributed by atoms with Crippen LogP contribution in [0.4, 0.5) is 5.82 Å². The summed E-state index contributed by atoms with van der Waals surface area (Å²) >= 11 is 0. The van der Waals surface area contributed by atoms with E-state index in [0.717, 1.165) is 36.5 Å². The summed E-state index contributed by atoms with van der Waals surface area (Å²) in [6.45, 7) is 6.35. The van der Waals surface area contributed by atoms with Gasteiger partial charge < -0.3 is 5.32 Å². The van der Waals surface area contributed by atoms with Gasteiger partial charge >= 0.3 is 0 Å². The Hall–Kier alpha value is -2.40. The van der Waals surface area contributed by atoms with E-state index in [-0.39, 0.29) is 0 Å². The number of likely N-dealkylation sites (tertiary alicyclic amines) is 1. The van der Waals surface area contributed by atoms with Crippen molar-refractivity contribution in [3.8, 4) is 0 Å². The van der Waals surface area contributed by atoms with E-state index in [1.54, 1.807) is 0 Å². The second-order valence-electron chi connectivity index (χ2n) is 6.73. The van der Waals surface area contributed by atoms with E-state index < -0.39 is 0 Å². The molecule has 0 aliphatic carbocycles. The Morgan fingerprint density at radius 2 is 2.08 bits per heavy atom. The number of anilines is 1. The van der Waals surface area contributed by atoms with Crippen LogP contribution in [0.5, 0.6) is 0 Å². The first-order chi connectivity index (χ1) is 11.7. The summed E-state index contributed by atoms with van der Waals surface area (Å²) in [6, 6.07) is 13.7. The van der Waals surface area contributed by atoms with Crippen LogP contribution in [0, 0.1) is 6.92 Å². The molecule has 1 fully saturated rings. The van der Waals surface area contributed by atoms with Gasteiger partial charge in [0.15, 0.2) is 5.82 Å². The van der Waals surface area contributed by atoms with Crippen LogP contribution >= 0.6 is 0 Å². The maximum absolute atomic E-state index is 4.53. The monoisotopic (exact) mass is 321 g/mol. The zero-order valence-electron chi connectivity index (χ0n) is 14.2. The van der Waals surface area contributed by atoms with E-state index in [9.17, 15) is 0 Å². The number of hydrogen-bond acceptors (Lipinski definition) is 4. The van der Waals surface area contributed by atoms with Crippen molar-refractivity contribution in [2.75, 3.05) is 11.9 Å². The summed E-state index contributed by atoms with van der Waals surface area (Å²) in [4.78, 5) is 7.06. The summed E-state index contributed by atoms with van der Waals surface area (Å²) in [5, 5.41) is 8.09. The molecule has 0 saturated carbocycles. The molecule has 1 aromatic carbocycles. The summed E-state index contributed by atoms with van der Waals surface area (Å²) in [5.41, 5.74) is 3.43. The maximum atomic E-state index is 4.53. The van der Waals surface area contributed by atoms with Gasteiger partial charge in [-0.3, -0.25) is 4.90 Å². The number of rotatable bonds is 4. The minimum atomic E-state index is 0.414. The first-order valence-corrected chi connectivity index (χ1v) is 8.54. The van der Waals surface area contributed by atoms with Crippen LogP contribution in [0.25, 0.3) is 5.52 Å². The van der Waals surface area contributed by atoms with Crippen molar-refractivity contribution >= 4 is 11.3 Å². The average Bonchev–Trinajstić information content (AvgIpc) is 3.11. The molecule has 2 unspecified atom stereocenters. The van der Waals surface area contributed by atoms with Crippen LogP contribution in [0.3, 0.4) is 0 Å². The van der Waals surface area contributed by atoms with E-state index in [4.69, 9.17) is 0 Å². The van der Waals surface area contributed by atoms with Crippen molar-refractivity contribution in [3.05, 3.63) is 60.0 Å². The molecule has 0 spiro atoms. The number of nitrogens with one attached hydrogen (secondary N) is 1. The molecule has 1 aliphatic heterocycles. The topological polar surface area (TPSA) is 45.5 Å². The Bertz CT molecular complexity index is 826. The van der Waals surface area contributed by atoms with Gasteiger partial charge in [-0.2, -0.15) is 5.10 Å². The zero-order chi connectivity index (χ0) is 16.5. The Morgan fingerprint density at radius 1 is 1.25 bits per heavy atom. The highest BCUT2D eigenvalue weighted by atomic mass is 15.3. The van der Waals surface area contributed by atoms with Gasteiger partial charge in [-0.1, -0.05) is 30.3 Å². The summed E-state index contributed by atoms with van der Waals surface area (Å²) < 4.78 is 1.89. The number of aryl methyl sites for hydroxylation is 1. The van der Waals surface area contributed by atoms with Crippen molar-refractivity contribution < 1.29 is 0 Å². The van der Waals surface area contributed by atoms with Crippen molar-refractivity contribution in [2.45, 2.75) is 38.9 Å². The van der Waals surface area contributed by atoms with E-state index in [1.807, 2.05) is 23.8 Å². The second-order valence-corrected chi connectivity index (χ2v) is 6.73. The molecule has 1 aliphatic rings. The van der Waals surface area contributed by atoms with Crippen LogP contribution in [0.2, 0.25) is 0 Å². The SMILES string of the molecule is Cc1cc2c(NC3CC(C)N(Cc4ccccc4)C3)nccn2n1. The van der Waals surface area contributed by atoms with Gasteiger partial charge in [0, 0.05) is 37.6 Å². The Balaban J connectivity index is 1.47. The number of hydrogen-bond donors (Lipinski definition) is 1. The van der Waals surface area contributed by atoms with Gasteiger partial charge in [0.05, 0.1) is 5.69 Å². The molecule has 5 heteroatoms. The first kappa shape index (κ1) is 15.1. The molecule has 124 valence electrons. The molecular formula is C19H23N5. The highest BCUT2D eigenvalue weighted by Crippen LogP contribution is 2.24. The molecule has 2 atom stereocenters. The summed E-state index contributed by atoms with van der Waals surface area (Å²) in [6.07, 6.45) is 4.83. The minimum Gasteiger partial charge on any atom is -0.364 e. The van der Waals surface area contributed by atoms with Gasteiger partial charge in [-0.25, -0.2) is 9.50 Å². The molecule has 1 N–H and O–H groups in total. The van der Waals surface area contributed by atoms with Crippen molar-refractivity contribution in [2.24, 2.45) is 0 Å². The molecule has 5 nitrogen and oxygen atoms in total. The zero-order valence-corrected chi connectivity index (χ0v) is 14.2. The standard InChI is InChI=1S/C19H23N5/c1-14-10-18-19(20-8-9-24(18)22-14)21-17-11-15(2)23(13-17)12-16-6-4-3-5-7-16/h3-10,15,17H,11-13H2,1-2H3,(H,20,21). The third-order valence-electron chi connectivity index (χ3n) is 4.79. The average molecular weight is 321 g/mol. The molecule has 3 heterocycles. The lowest BCUT2D eigenvalue weighted by molar-refractivity contribution is 0.259. The minimum absolute atomic E-state index is 0.414. The molecule has 0 bridgehead atoms. The molecule has 3 aromatic rings. The molecular weight excluding hydrogens is 298 g/mol. The van der Waals surface area contributed by atoms with Crippen LogP contribution in [-0.2, 0) is 6.54 Å². The van der Waals surface area contributed by atoms with E-state index >= 15 is 0 Å². The molecule has 4 rings (SSSR count). The van der Waals surface area contributed by atoms with Crippen molar-refractivity contribution in [1.29, 1.82) is 0 Å². The number of fused-ring (bicyclic) bond motifs is 1. The summed E-state index contributed by atoms with van der Waals surface area (Å²) in [5.74, 6) is 0.928. The van der Waals surface area contributed by atoms with Crippen molar-refractivity contribution in [3.63, 3.8) is 0 Å². The first-order valence-electron chi connectivity index (χ1n) is 8.54. The summed E-state index contributed by atoms with van der Waals surface area (Å²) in [7, 11) is 0. The van der Waals surface area contributed by atoms with Crippen LogP contribution in [0.15, 0.2) is 48.8 Å². The van der Waals surface area contributed by atoms with Gasteiger partial charge in [0.25, 0.3) is 0 Å². The molecule has 1 saturated heterocycles. The van der Waals surface area contributed by atoms with E-state index in [0.29, 0.717) is 12.1 Å². The second kappa shape index (κ2) is 6.24. The quantitative estimate of drug-likeness (QED) is 0.802. The van der Waals surface area contributed by atoms with Crippen LogP contribution in [-0.4, -0.2) is 38.1 Å². The molecule has 0 radical (unpaired) electrons. The van der Waals surface area contributed by atoms with Gasteiger partial charge in [0.2, 0.25) is 0 Å². The maximum Gasteiger partial charge on any atom is 0.152 e. The number of aromatic nitrogens is 3. The third-order valence-corrected chi connectivity index (χ3v) is 4.79. The van der Waals surface area contributed by atoms with E-state index in [1.165, 1.54) is 5.56 Å². The molecule has 0 amide bonds. The Kier molecular flexibility index (Phi) is 3.94. The Morgan fingerprint density at radius 3 is 2.92 bits per heavy atom. The van der Waals surface area contributed by atoms with Crippen LogP contribution < -0.4 is 5.32 Å². The Labute approximate surface area is 142 Å². The predicted octanol–water partition coefficient (Wildman–Crippen LogP) is 3.11. The van der Waals surface area contributed by atoms with E-state index in [2.05, 4.69) is 63.6 Å². The van der Waals surface area contributed by atoms with Gasteiger partial charge in [0.1, 0.15) is 5.52 Å². The van der Waals surface area contributed by atoms with Crippen molar-refractivity contribution in [1.82, 2.24) is 19.5 Å². The third kappa shape index (κ3) is 2.99. The number of benzene rings is 1. The lowest BCUT2D eigenvalue weighted by atomic mass is 10.2. The molecule has 2 aromatic heterocycles. The normalized spacial score (nSPS) is 21.4. The van der Waals surface area contributed by atoms with Gasteiger partial charge in [-0.15, -0.1) is 0 Å². The lowest BCUT2D eigenvalue weighted by Gasteiger charge is -2.21. The van der Waals surface area contributed by atoms with Gasteiger partial charge in [-0.05, 0) is 31.9 Å². The highest BCUT2D eigenvalue weighted by molar-refractivity contribution is 5.68. The smallest absolute Gasteiger partial charge is 0.152 e. The highest BCUT2D eigenvalue weighted by Gasteiger charge is 2.29. The largest absolute Gasteiger partial charge is 0.364 e. The number of nitrogens with zero attached hydrogens (tertiary/aromatic N) is 4. The van der Waals surface area contributed by atoms with Crippen LogP contribution in [0.1, 0.15) is 24.6 Å². The fourth-order valence-corrected chi connectivity index (χ4v) is 3.59. The fraction of sp³-hybridized carbons (Fsp3) is 0.368. The fourth-order valence-electron chi connectivity index (χ4n) is 3.59. The predicted molar refractivity (Wildman–Crippen MR) is 96.1 cm³/mol.